The van der Waals surface area contributed by atoms with Crippen molar-refractivity contribution in [3.63, 3.8) is 0 Å². The predicted molar refractivity (Wildman–Crippen MR) is 88.9 cm³/mol. The average Bonchev–Trinajstić information content (AvgIpc) is 2.90. The Balaban J connectivity index is 0.00000220. The molecule has 0 saturated carbocycles. The molecule has 1 saturated heterocycles. The van der Waals surface area contributed by atoms with E-state index in [4.69, 9.17) is 22.1 Å². The van der Waals surface area contributed by atoms with Crippen molar-refractivity contribution in [2.24, 2.45) is 11.7 Å². The number of rotatable bonds is 4. The van der Waals surface area contributed by atoms with Crippen molar-refractivity contribution in [3.05, 3.63) is 21.6 Å². The molecule has 0 bridgehead atoms. The van der Waals surface area contributed by atoms with Gasteiger partial charge in [-0.05, 0) is 46.9 Å². The Labute approximate surface area is 144 Å². The molecule has 0 aromatic heterocycles. The number of hydrogen-bond acceptors (Lipinski definition) is 4. The molecule has 2 rings (SSSR count). The molecule has 1 aliphatic heterocycles. The van der Waals surface area contributed by atoms with E-state index >= 15 is 0 Å². The minimum absolute atomic E-state index is 0. The van der Waals surface area contributed by atoms with Gasteiger partial charge in [-0.3, -0.25) is 0 Å². The zero-order valence-electron chi connectivity index (χ0n) is 11.4. The maximum absolute atomic E-state index is 12.6. The predicted octanol–water partition coefficient (Wildman–Crippen LogP) is 2.50. The first-order chi connectivity index (χ1) is 9.40. The Morgan fingerprint density at radius 2 is 2.19 bits per heavy atom. The van der Waals surface area contributed by atoms with Crippen LogP contribution in [-0.4, -0.2) is 39.5 Å². The molecule has 0 aliphatic carbocycles. The van der Waals surface area contributed by atoms with E-state index in [0.29, 0.717) is 29.9 Å². The highest BCUT2D eigenvalue weighted by Crippen LogP contribution is 2.36. The second kappa shape index (κ2) is 7.48. The summed E-state index contributed by atoms with van der Waals surface area (Å²) >= 11 is 9.29. The molecule has 1 aromatic carbocycles. The lowest BCUT2D eigenvalue weighted by atomic mass is 10.1. The van der Waals surface area contributed by atoms with Gasteiger partial charge in [-0.2, -0.15) is 4.31 Å². The minimum Gasteiger partial charge on any atom is -0.495 e. The lowest BCUT2D eigenvalue weighted by molar-refractivity contribution is 0.414. The SMILES string of the molecule is COc1cc(Br)c(S(=O)(=O)N2CCC(CN)C2)cc1Cl.Cl. The summed E-state index contributed by atoms with van der Waals surface area (Å²) in [5.74, 6) is 0.649. The maximum Gasteiger partial charge on any atom is 0.244 e. The molecule has 0 radical (unpaired) electrons. The first-order valence-electron chi connectivity index (χ1n) is 6.13. The fourth-order valence-electron chi connectivity index (χ4n) is 2.21. The van der Waals surface area contributed by atoms with Crippen molar-refractivity contribution >= 4 is 50.0 Å². The van der Waals surface area contributed by atoms with Crippen LogP contribution in [0.3, 0.4) is 0 Å². The molecule has 1 heterocycles. The van der Waals surface area contributed by atoms with Crippen molar-refractivity contribution in [1.29, 1.82) is 0 Å². The summed E-state index contributed by atoms with van der Waals surface area (Å²) < 4.78 is 32.2. The van der Waals surface area contributed by atoms with Gasteiger partial charge in [0.1, 0.15) is 5.75 Å². The summed E-state index contributed by atoms with van der Waals surface area (Å²) in [6.07, 6.45) is 0.789. The molecule has 0 amide bonds. The number of hydrogen-bond donors (Lipinski definition) is 1. The van der Waals surface area contributed by atoms with E-state index in [1.54, 1.807) is 6.07 Å². The van der Waals surface area contributed by atoms with Gasteiger partial charge in [0.25, 0.3) is 0 Å². The molecule has 1 aromatic rings. The molecule has 1 aliphatic rings. The van der Waals surface area contributed by atoms with Gasteiger partial charge in [0.15, 0.2) is 0 Å². The number of sulfonamides is 1. The van der Waals surface area contributed by atoms with Crippen LogP contribution in [0, 0.1) is 5.92 Å². The smallest absolute Gasteiger partial charge is 0.244 e. The molecular weight excluding hydrogens is 403 g/mol. The first kappa shape index (κ1) is 19.0. The highest BCUT2D eigenvalue weighted by molar-refractivity contribution is 9.10. The van der Waals surface area contributed by atoms with Crippen LogP contribution >= 0.6 is 39.9 Å². The molecule has 120 valence electrons. The maximum atomic E-state index is 12.6. The van der Waals surface area contributed by atoms with Crippen molar-refractivity contribution in [2.75, 3.05) is 26.7 Å². The number of nitrogens with zero attached hydrogens (tertiary/aromatic N) is 1. The summed E-state index contributed by atoms with van der Waals surface area (Å²) in [7, 11) is -2.09. The zero-order chi connectivity index (χ0) is 14.9. The van der Waals surface area contributed by atoms with Crippen molar-refractivity contribution in [3.8, 4) is 5.75 Å². The van der Waals surface area contributed by atoms with Crippen LogP contribution < -0.4 is 10.5 Å². The Morgan fingerprint density at radius 1 is 1.52 bits per heavy atom. The summed E-state index contributed by atoms with van der Waals surface area (Å²) in [5.41, 5.74) is 5.60. The molecule has 5 nitrogen and oxygen atoms in total. The number of ether oxygens (including phenoxy) is 1. The highest BCUT2D eigenvalue weighted by atomic mass is 79.9. The van der Waals surface area contributed by atoms with Crippen LogP contribution in [0.4, 0.5) is 0 Å². The van der Waals surface area contributed by atoms with E-state index in [1.807, 2.05) is 0 Å². The number of benzene rings is 1. The van der Waals surface area contributed by atoms with E-state index in [2.05, 4.69) is 15.9 Å². The van der Waals surface area contributed by atoms with Crippen LogP contribution in [0.5, 0.6) is 5.75 Å². The van der Waals surface area contributed by atoms with E-state index < -0.39 is 10.0 Å². The largest absolute Gasteiger partial charge is 0.495 e. The van der Waals surface area contributed by atoms with Gasteiger partial charge in [0.05, 0.1) is 17.0 Å². The number of halogens is 3. The van der Waals surface area contributed by atoms with Crippen LogP contribution in [0.25, 0.3) is 0 Å². The topological polar surface area (TPSA) is 72.6 Å². The summed E-state index contributed by atoms with van der Waals surface area (Å²) in [6, 6.07) is 2.97. The van der Waals surface area contributed by atoms with Gasteiger partial charge in [-0.25, -0.2) is 8.42 Å². The molecule has 21 heavy (non-hydrogen) atoms. The molecule has 9 heteroatoms. The molecule has 1 atom stereocenters. The molecular formula is C12H17BrCl2N2O3S. The Bertz CT molecular complexity index is 613. The quantitative estimate of drug-likeness (QED) is 0.813. The molecule has 2 N–H and O–H groups in total. The second-order valence-electron chi connectivity index (χ2n) is 4.67. The lowest BCUT2D eigenvalue weighted by Crippen LogP contribution is -2.30. The van der Waals surface area contributed by atoms with E-state index in [9.17, 15) is 8.42 Å². The standard InChI is InChI=1S/C12H16BrClN2O3S.ClH/c1-19-11-4-9(13)12(5-10(11)14)20(17,18)16-3-2-8(6-15)7-16;/h4-5,8H,2-3,6-7,15H2,1H3;1H. The first-order valence-corrected chi connectivity index (χ1v) is 8.74. The van der Waals surface area contributed by atoms with Crippen molar-refractivity contribution in [2.45, 2.75) is 11.3 Å². The third-order valence-corrected chi connectivity index (χ3v) is 6.53. The van der Waals surface area contributed by atoms with Gasteiger partial charge in [-0.15, -0.1) is 12.4 Å². The third-order valence-electron chi connectivity index (χ3n) is 3.41. The molecule has 1 fully saturated rings. The van der Waals surface area contributed by atoms with Crippen LogP contribution in [0.1, 0.15) is 6.42 Å². The van der Waals surface area contributed by atoms with Gasteiger partial charge in [-0.1, -0.05) is 11.6 Å². The highest BCUT2D eigenvalue weighted by Gasteiger charge is 2.33. The fourth-order valence-corrected chi connectivity index (χ4v) is 5.06. The van der Waals surface area contributed by atoms with Crippen LogP contribution in [-0.2, 0) is 10.0 Å². The summed E-state index contributed by atoms with van der Waals surface area (Å²) in [6.45, 7) is 1.44. The van der Waals surface area contributed by atoms with Crippen LogP contribution in [0.2, 0.25) is 5.02 Å². The van der Waals surface area contributed by atoms with Crippen molar-refractivity contribution < 1.29 is 13.2 Å². The number of nitrogens with two attached hydrogens (primary N) is 1. The lowest BCUT2D eigenvalue weighted by Gasteiger charge is -2.18. The normalized spacial score (nSPS) is 19.3. The summed E-state index contributed by atoms with van der Waals surface area (Å²) in [4.78, 5) is 0.154. The Kier molecular flexibility index (Phi) is 6.77. The third kappa shape index (κ3) is 3.83. The second-order valence-corrected chi connectivity index (χ2v) is 7.84. The van der Waals surface area contributed by atoms with Crippen molar-refractivity contribution in [1.82, 2.24) is 4.31 Å². The van der Waals surface area contributed by atoms with E-state index in [1.165, 1.54) is 17.5 Å². The number of methoxy groups -OCH3 is 1. The fraction of sp³-hybridized carbons (Fsp3) is 0.500. The van der Waals surface area contributed by atoms with E-state index in [0.717, 1.165) is 6.42 Å². The van der Waals surface area contributed by atoms with Gasteiger partial charge >= 0.3 is 0 Å². The van der Waals surface area contributed by atoms with Gasteiger partial charge < -0.3 is 10.5 Å². The molecule has 0 spiro atoms. The Morgan fingerprint density at radius 3 is 2.71 bits per heavy atom. The minimum atomic E-state index is -3.57. The van der Waals surface area contributed by atoms with Gasteiger partial charge in [0.2, 0.25) is 10.0 Å². The zero-order valence-corrected chi connectivity index (χ0v) is 15.4. The monoisotopic (exact) mass is 418 g/mol. The Hall–Kier alpha value is -0.0500. The van der Waals surface area contributed by atoms with Gasteiger partial charge in [0, 0.05) is 17.6 Å². The summed E-state index contributed by atoms with van der Waals surface area (Å²) in [5, 5.41) is 0.267. The molecule has 1 unspecified atom stereocenters. The van der Waals surface area contributed by atoms with E-state index in [-0.39, 0.29) is 28.2 Å². The average molecular weight is 420 g/mol. The van der Waals surface area contributed by atoms with Crippen LogP contribution in [0.15, 0.2) is 21.5 Å².